The molecule has 336 valence electrons. The molecule has 10 rings (SSSR count). The number of halogens is 2. The Morgan fingerprint density at radius 2 is 1.09 bits per heavy atom. The van der Waals surface area contributed by atoms with E-state index in [4.69, 9.17) is 9.97 Å². The SMILES string of the molecule is CC[C@@H]1C(=O)N(C)c2cnc(-n3ccnc3Br)nc2N1C1CCCC1.CC[C@@H]1C(=O)N(C)c2cnc(-n3ccnc3Cc3ccccc3)nc2N1C1CCCC1.[CH2-]c1ccccc1.[Zn+][Br]. The number of aromatic nitrogens is 8. The quantitative estimate of drug-likeness (QED) is 0.107. The predicted octanol–water partition coefficient (Wildman–Crippen LogP) is 9.40. The van der Waals surface area contributed by atoms with Crippen LogP contribution in [0.25, 0.3) is 11.9 Å². The fraction of sp³-hybridized carbons (Fsp3) is 0.396. The second kappa shape index (κ2) is 22.5. The van der Waals surface area contributed by atoms with Gasteiger partial charge in [0.25, 0.3) is 0 Å². The molecular formula is C48H56Br2N12O2Zn. The van der Waals surface area contributed by atoms with Crippen molar-refractivity contribution < 1.29 is 25.9 Å². The van der Waals surface area contributed by atoms with E-state index in [0.29, 0.717) is 35.1 Å². The Morgan fingerprint density at radius 1 is 0.646 bits per heavy atom. The van der Waals surface area contributed by atoms with Crippen LogP contribution in [0.3, 0.4) is 0 Å². The van der Waals surface area contributed by atoms with Crippen LogP contribution in [0.4, 0.5) is 23.0 Å². The van der Waals surface area contributed by atoms with Crippen LogP contribution in [-0.4, -0.2) is 89.1 Å². The molecule has 6 aromatic rings. The van der Waals surface area contributed by atoms with Crippen LogP contribution in [-0.2, 0) is 32.4 Å². The van der Waals surface area contributed by atoms with E-state index in [1.807, 2.05) is 79.6 Å². The second-order valence-corrected chi connectivity index (χ2v) is 17.2. The van der Waals surface area contributed by atoms with Gasteiger partial charge in [-0.2, -0.15) is 34.6 Å². The minimum absolute atomic E-state index is 0.127. The number of anilines is 4. The molecule has 14 nitrogen and oxygen atoms in total. The summed E-state index contributed by atoms with van der Waals surface area (Å²) in [5, 5.41) is 0. The Balaban J connectivity index is 0.000000166. The van der Waals surface area contributed by atoms with Gasteiger partial charge in [-0.15, -0.1) is 12.1 Å². The van der Waals surface area contributed by atoms with Gasteiger partial charge in [-0.05, 0) is 60.0 Å². The number of benzene rings is 2. The summed E-state index contributed by atoms with van der Waals surface area (Å²) < 4.78 is 4.41. The molecule has 2 atom stereocenters. The monoisotopic (exact) mass is 1050 g/mol. The Labute approximate surface area is 407 Å². The first-order valence-electron chi connectivity index (χ1n) is 22.4. The first-order chi connectivity index (χ1) is 31.7. The van der Waals surface area contributed by atoms with Crippen molar-refractivity contribution in [2.75, 3.05) is 33.7 Å². The predicted molar refractivity (Wildman–Crippen MR) is 260 cm³/mol. The molecule has 2 aromatic carbocycles. The summed E-state index contributed by atoms with van der Waals surface area (Å²) >= 11 is 7.67. The molecule has 6 heterocycles. The summed E-state index contributed by atoms with van der Waals surface area (Å²) in [7, 11) is 3.64. The number of carbonyl (C=O) groups excluding carboxylic acids is 2. The summed E-state index contributed by atoms with van der Waals surface area (Å²) in [5.41, 5.74) is 3.83. The molecule has 2 aliphatic carbocycles. The van der Waals surface area contributed by atoms with Crippen molar-refractivity contribution >= 4 is 64.4 Å². The Kier molecular flexibility index (Phi) is 16.6. The van der Waals surface area contributed by atoms with Crippen LogP contribution in [0, 0.1) is 6.92 Å². The van der Waals surface area contributed by atoms with Gasteiger partial charge < -0.3 is 19.6 Å². The standard InChI is InChI=1S/C24H28N6O.C17H21BrN6O.C7H7.BrH.Zn/c1-3-19-23(31)28(2)20-16-26-24(27-22(20)30(19)18-11-7-8-12-18)29-14-13-25-21(29)15-17-9-5-4-6-10-17;1-3-12-15(25)22(2)13-10-20-17(23-9-8-19-16(23)18)21-14(13)24(12)11-6-4-5-7-11;1-7-5-3-2-4-6-7;;/h4-6,9-10,13-14,16,18-19H,3,7-8,11-12,15H2,1-2H3;8-12H,3-7H2,1-2H3;2-6H,1H2;1H;/q;;-1;;+2/p-1/t19-;12-;;;/m11.../s1. The summed E-state index contributed by atoms with van der Waals surface area (Å²) in [6, 6.07) is 20.6. The van der Waals surface area contributed by atoms with E-state index in [0.717, 1.165) is 72.9 Å². The molecule has 0 radical (unpaired) electrons. The van der Waals surface area contributed by atoms with Gasteiger partial charge in [0, 0.05) is 57.4 Å². The number of likely N-dealkylation sites (N-methyl/N-ethyl adjacent to an activating group) is 2. The maximum absolute atomic E-state index is 13.1. The molecule has 2 saturated carbocycles. The zero-order chi connectivity index (χ0) is 46.0. The van der Waals surface area contributed by atoms with Gasteiger partial charge >= 0.3 is 30.0 Å². The van der Waals surface area contributed by atoms with Crippen LogP contribution < -0.4 is 19.6 Å². The van der Waals surface area contributed by atoms with E-state index in [1.54, 1.807) is 39.2 Å². The van der Waals surface area contributed by atoms with Crippen molar-refractivity contribution in [2.24, 2.45) is 0 Å². The van der Waals surface area contributed by atoms with Crippen molar-refractivity contribution in [3.63, 3.8) is 0 Å². The van der Waals surface area contributed by atoms with E-state index < -0.39 is 0 Å². The molecule has 0 N–H and O–H groups in total. The first kappa shape index (κ1) is 48.0. The van der Waals surface area contributed by atoms with Gasteiger partial charge in [0.15, 0.2) is 16.4 Å². The summed E-state index contributed by atoms with van der Waals surface area (Å²) in [4.78, 5) is 61.5. The van der Waals surface area contributed by atoms with E-state index >= 15 is 0 Å². The number of fused-ring (bicyclic) bond motifs is 2. The average Bonchev–Trinajstić information content (AvgIpc) is 4.20. The summed E-state index contributed by atoms with van der Waals surface area (Å²) in [6.07, 6.45) is 22.3. The van der Waals surface area contributed by atoms with Gasteiger partial charge in [0.1, 0.15) is 29.3 Å². The number of amides is 2. The molecular weight excluding hydrogens is 1000 g/mol. The molecule has 0 spiro atoms. The van der Waals surface area contributed by atoms with Gasteiger partial charge in [0.2, 0.25) is 23.7 Å². The molecule has 65 heavy (non-hydrogen) atoms. The number of hydrogen-bond acceptors (Lipinski definition) is 10. The fourth-order valence-electron chi connectivity index (χ4n) is 9.32. The molecule has 17 heteroatoms. The summed E-state index contributed by atoms with van der Waals surface area (Å²) in [6.45, 7) is 7.87. The first-order valence-corrected chi connectivity index (χ1v) is 30.2. The molecule has 2 fully saturated rings. The zero-order valence-corrected chi connectivity index (χ0v) is 43.8. The third kappa shape index (κ3) is 10.5. The molecule has 0 bridgehead atoms. The molecule has 0 unspecified atom stereocenters. The van der Waals surface area contributed by atoms with Gasteiger partial charge in [-0.1, -0.05) is 75.9 Å². The normalized spacial score (nSPS) is 18.3. The van der Waals surface area contributed by atoms with Crippen molar-refractivity contribution in [2.45, 2.75) is 109 Å². The fourth-order valence-corrected chi connectivity index (χ4v) is 9.71. The van der Waals surface area contributed by atoms with Crippen molar-refractivity contribution in [1.82, 2.24) is 39.0 Å². The minimum atomic E-state index is -0.171. The van der Waals surface area contributed by atoms with Crippen LogP contribution in [0.5, 0.6) is 0 Å². The van der Waals surface area contributed by atoms with Gasteiger partial charge in [-0.3, -0.25) is 18.7 Å². The zero-order valence-electron chi connectivity index (χ0n) is 37.7. The van der Waals surface area contributed by atoms with Crippen molar-refractivity contribution in [3.05, 3.63) is 126 Å². The van der Waals surface area contributed by atoms with E-state index in [2.05, 4.69) is 92.2 Å². The molecule has 4 aromatic heterocycles. The average molecular weight is 1060 g/mol. The number of rotatable bonds is 8. The Bertz CT molecular complexity index is 2490. The maximum atomic E-state index is 13.1. The third-order valence-corrected chi connectivity index (χ3v) is 13.2. The summed E-state index contributed by atoms with van der Waals surface area (Å²) in [5.74, 6) is 4.03. The number of nitrogens with zero attached hydrogens (tertiary/aromatic N) is 12. The Hall–Kier alpha value is -4.99. The number of carbonyl (C=O) groups is 2. The molecule has 2 amide bonds. The topological polar surface area (TPSA) is 134 Å². The Morgan fingerprint density at radius 3 is 1.52 bits per heavy atom. The van der Waals surface area contributed by atoms with Crippen LogP contribution >= 0.6 is 29.6 Å². The van der Waals surface area contributed by atoms with Gasteiger partial charge in [0.05, 0.1) is 12.4 Å². The number of imidazole rings is 2. The van der Waals surface area contributed by atoms with E-state index in [1.165, 1.54) is 47.6 Å². The molecule has 2 aliphatic heterocycles. The van der Waals surface area contributed by atoms with E-state index in [-0.39, 0.29) is 23.9 Å². The third-order valence-electron chi connectivity index (χ3n) is 12.6. The number of hydrogen-bond donors (Lipinski definition) is 0. The van der Waals surface area contributed by atoms with Crippen LogP contribution in [0.2, 0.25) is 0 Å². The van der Waals surface area contributed by atoms with Crippen LogP contribution in [0.1, 0.15) is 95.0 Å². The second-order valence-electron chi connectivity index (χ2n) is 16.5. The molecule has 0 saturated heterocycles. The van der Waals surface area contributed by atoms with Crippen molar-refractivity contribution in [3.8, 4) is 11.9 Å². The van der Waals surface area contributed by atoms with Gasteiger partial charge in [-0.25, -0.2) is 19.9 Å². The van der Waals surface area contributed by atoms with E-state index in [9.17, 15) is 9.59 Å². The van der Waals surface area contributed by atoms with Crippen LogP contribution in [0.15, 0.2) is 103 Å². The van der Waals surface area contributed by atoms with Crippen molar-refractivity contribution in [1.29, 1.82) is 0 Å². The molecule has 4 aliphatic rings.